The Morgan fingerprint density at radius 3 is 2.84 bits per heavy atom. The van der Waals surface area contributed by atoms with Gasteiger partial charge in [-0.3, -0.25) is 4.79 Å². The van der Waals surface area contributed by atoms with Crippen LogP contribution < -0.4 is 10.5 Å². The monoisotopic (exact) mass is 338 g/mol. The van der Waals surface area contributed by atoms with Crippen molar-refractivity contribution in [2.45, 2.75) is 37.7 Å². The third-order valence-electron chi connectivity index (χ3n) is 4.76. The smallest absolute Gasteiger partial charge is 0.257 e. The number of nitrogens with zero attached hydrogens (tertiary/aromatic N) is 3. The van der Waals surface area contributed by atoms with Crippen LogP contribution in [-0.2, 0) is 0 Å². The summed E-state index contributed by atoms with van der Waals surface area (Å²) < 4.78 is 5.91. The maximum Gasteiger partial charge on any atom is 0.257 e. The number of nitrogens with two attached hydrogens (primary N) is 1. The normalized spacial score (nSPS) is 20.3. The third-order valence-corrected chi connectivity index (χ3v) is 4.76. The summed E-state index contributed by atoms with van der Waals surface area (Å²) in [7, 11) is 0. The Kier molecular flexibility index (Phi) is 4.26. The van der Waals surface area contributed by atoms with Gasteiger partial charge in [-0.05, 0) is 43.9 Å². The first kappa shape index (κ1) is 15.9. The summed E-state index contributed by atoms with van der Waals surface area (Å²) in [5, 5.41) is 0. The molecule has 0 bridgehead atoms. The number of likely N-dealkylation sites (tertiary alicyclic amines) is 1. The van der Waals surface area contributed by atoms with E-state index in [1.54, 1.807) is 6.20 Å². The van der Waals surface area contributed by atoms with E-state index in [9.17, 15) is 4.79 Å². The summed E-state index contributed by atoms with van der Waals surface area (Å²) in [4.78, 5) is 23.2. The maximum atomic E-state index is 13.1. The van der Waals surface area contributed by atoms with Crippen LogP contribution in [-0.4, -0.2) is 40.0 Å². The second kappa shape index (κ2) is 6.70. The van der Waals surface area contributed by atoms with Crippen LogP contribution in [0.4, 0.5) is 5.95 Å². The summed E-state index contributed by atoms with van der Waals surface area (Å²) in [5.41, 5.74) is 7.26. The first-order valence-corrected chi connectivity index (χ1v) is 8.84. The van der Waals surface area contributed by atoms with Crippen molar-refractivity contribution in [3.8, 4) is 5.75 Å². The molecule has 25 heavy (non-hydrogen) atoms. The van der Waals surface area contributed by atoms with Crippen LogP contribution >= 0.6 is 0 Å². The van der Waals surface area contributed by atoms with Gasteiger partial charge in [-0.1, -0.05) is 12.1 Å². The van der Waals surface area contributed by atoms with E-state index in [0.29, 0.717) is 17.9 Å². The average molecular weight is 338 g/mol. The highest BCUT2D eigenvalue weighted by Gasteiger charge is 2.30. The molecular weight excluding hydrogens is 316 g/mol. The molecule has 1 aromatic carbocycles. The van der Waals surface area contributed by atoms with Gasteiger partial charge in [-0.25, -0.2) is 9.97 Å². The van der Waals surface area contributed by atoms with E-state index in [4.69, 9.17) is 10.5 Å². The van der Waals surface area contributed by atoms with E-state index in [-0.39, 0.29) is 23.9 Å². The standard InChI is InChI=1S/C19H22N4O2/c20-19-21-10-9-16(22-19)13-4-3-11-23(12-13)18(24)15-5-1-2-6-17(15)25-14-7-8-14/h1-2,5-6,9-10,13-14H,3-4,7-8,11-12H2,(H2,20,21,22). The first-order chi connectivity index (χ1) is 12.2. The molecule has 1 aromatic heterocycles. The molecule has 0 spiro atoms. The largest absolute Gasteiger partial charge is 0.490 e. The van der Waals surface area contributed by atoms with Crippen LogP contribution in [0.3, 0.4) is 0 Å². The van der Waals surface area contributed by atoms with E-state index in [1.807, 2.05) is 35.2 Å². The molecule has 1 atom stereocenters. The number of piperidine rings is 1. The summed E-state index contributed by atoms with van der Waals surface area (Å²) in [5.74, 6) is 1.20. The lowest BCUT2D eigenvalue weighted by Gasteiger charge is -2.33. The Morgan fingerprint density at radius 2 is 2.04 bits per heavy atom. The number of carbonyl (C=O) groups is 1. The fourth-order valence-corrected chi connectivity index (χ4v) is 3.30. The van der Waals surface area contributed by atoms with Crippen molar-refractivity contribution < 1.29 is 9.53 Å². The van der Waals surface area contributed by atoms with Crippen LogP contribution in [0.1, 0.15) is 47.7 Å². The number of carbonyl (C=O) groups excluding carboxylic acids is 1. The summed E-state index contributed by atoms with van der Waals surface area (Å²) in [6, 6.07) is 9.43. The van der Waals surface area contributed by atoms with E-state index >= 15 is 0 Å². The van der Waals surface area contributed by atoms with Gasteiger partial charge in [0.05, 0.1) is 17.4 Å². The quantitative estimate of drug-likeness (QED) is 0.927. The van der Waals surface area contributed by atoms with Crippen LogP contribution in [0.2, 0.25) is 0 Å². The number of amides is 1. The SMILES string of the molecule is Nc1nccc(C2CCCN(C(=O)c3ccccc3OC3CC3)C2)n1. The third kappa shape index (κ3) is 3.57. The molecular formula is C19H22N4O2. The zero-order chi connectivity index (χ0) is 17.2. The maximum absolute atomic E-state index is 13.1. The summed E-state index contributed by atoms with van der Waals surface area (Å²) in [6.45, 7) is 1.40. The molecule has 1 aliphatic carbocycles. The summed E-state index contributed by atoms with van der Waals surface area (Å²) in [6.07, 6.45) is 6.04. The van der Waals surface area contributed by atoms with Crippen molar-refractivity contribution in [1.29, 1.82) is 0 Å². The van der Waals surface area contributed by atoms with Gasteiger partial charge in [-0.2, -0.15) is 0 Å². The first-order valence-electron chi connectivity index (χ1n) is 8.84. The van der Waals surface area contributed by atoms with Crippen molar-refractivity contribution in [2.24, 2.45) is 0 Å². The second-order valence-electron chi connectivity index (χ2n) is 6.74. The molecule has 6 heteroatoms. The topological polar surface area (TPSA) is 81.3 Å². The average Bonchev–Trinajstić information content (AvgIpc) is 3.46. The minimum absolute atomic E-state index is 0.0305. The molecule has 2 aliphatic rings. The van der Waals surface area contributed by atoms with Gasteiger partial charge in [0.25, 0.3) is 5.91 Å². The predicted octanol–water partition coefficient (Wildman–Crippen LogP) is 2.62. The minimum Gasteiger partial charge on any atom is -0.490 e. The Bertz CT molecular complexity index is 776. The highest BCUT2D eigenvalue weighted by atomic mass is 16.5. The Labute approximate surface area is 147 Å². The molecule has 2 fully saturated rings. The lowest BCUT2D eigenvalue weighted by atomic mass is 9.94. The molecule has 130 valence electrons. The van der Waals surface area contributed by atoms with Gasteiger partial charge in [0, 0.05) is 25.2 Å². The molecule has 4 rings (SSSR count). The number of hydrogen-bond acceptors (Lipinski definition) is 5. The fourth-order valence-electron chi connectivity index (χ4n) is 3.30. The molecule has 1 unspecified atom stereocenters. The molecule has 1 amide bonds. The van der Waals surface area contributed by atoms with Crippen molar-refractivity contribution in [3.05, 3.63) is 47.8 Å². The van der Waals surface area contributed by atoms with E-state index < -0.39 is 0 Å². The van der Waals surface area contributed by atoms with Gasteiger partial charge in [-0.15, -0.1) is 0 Å². The van der Waals surface area contributed by atoms with Crippen molar-refractivity contribution >= 4 is 11.9 Å². The number of nitrogen functional groups attached to an aromatic ring is 1. The second-order valence-corrected chi connectivity index (χ2v) is 6.74. The minimum atomic E-state index is 0.0305. The number of para-hydroxylation sites is 1. The Morgan fingerprint density at radius 1 is 1.20 bits per heavy atom. The van der Waals surface area contributed by atoms with Crippen molar-refractivity contribution in [3.63, 3.8) is 0 Å². The zero-order valence-electron chi connectivity index (χ0n) is 14.1. The van der Waals surface area contributed by atoms with Crippen molar-refractivity contribution in [2.75, 3.05) is 18.8 Å². The number of rotatable bonds is 4. The molecule has 2 N–H and O–H groups in total. The van der Waals surface area contributed by atoms with E-state index in [0.717, 1.165) is 37.9 Å². The van der Waals surface area contributed by atoms with Gasteiger partial charge < -0.3 is 15.4 Å². The molecule has 1 saturated heterocycles. The number of hydrogen-bond donors (Lipinski definition) is 1. The number of ether oxygens (including phenoxy) is 1. The van der Waals surface area contributed by atoms with Crippen LogP contribution in [0, 0.1) is 0 Å². The van der Waals surface area contributed by atoms with Gasteiger partial charge in [0.15, 0.2) is 0 Å². The van der Waals surface area contributed by atoms with Crippen LogP contribution in [0.15, 0.2) is 36.5 Å². The Hall–Kier alpha value is -2.63. The van der Waals surface area contributed by atoms with E-state index in [2.05, 4.69) is 9.97 Å². The highest BCUT2D eigenvalue weighted by molar-refractivity contribution is 5.97. The molecule has 0 radical (unpaired) electrons. The lowest BCUT2D eigenvalue weighted by Crippen LogP contribution is -2.39. The fraction of sp³-hybridized carbons (Fsp3) is 0.421. The van der Waals surface area contributed by atoms with Gasteiger partial charge in [0.1, 0.15) is 5.75 Å². The number of benzene rings is 1. The highest BCUT2D eigenvalue weighted by Crippen LogP contribution is 2.31. The summed E-state index contributed by atoms with van der Waals surface area (Å²) >= 11 is 0. The number of aromatic nitrogens is 2. The molecule has 1 aliphatic heterocycles. The van der Waals surface area contributed by atoms with Crippen LogP contribution in [0.5, 0.6) is 5.75 Å². The molecule has 1 saturated carbocycles. The molecule has 6 nitrogen and oxygen atoms in total. The van der Waals surface area contributed by atoms with Gasteiger partial charge >= 0.3 is 0 Å². The molecule has 2 heterocycles. The zero-order valence-corrected chi connectivity index (χ0v) is 14.1. The van der Waals surface area contributed by atoms with Gasteiger partial charge in [0.2, 0.25) is 5.95 Å². The Balaban J connectivity index is 1.52. The number of anilines is 1. The molecule has 2 aromatic rings. The lowest BCUT2D eigenvalue weighted by molar-refractivity contribution is 0.0701. The van der Waals surface area contributed by atoms with Crippen LogP contribution in [0.25, 0.3) is 0 Å². The van der Waals surface area contributed by atoms with E-state index in [1.165, 1.54) is 0 Å². The predicted molar refractivity (Wildman–Crippen MR) is 94.4 cm³/mol. The van der Waals surface area contributed by atoms with Crippen molar-refractivity contribution in [1.82, 2.24) is 14.9 Å².